The highest BCUT2D eigenvalue weighted by atomic mass is 16.1. The number of carbonyl (C=O) groups is 1. The highest BCUT2D eigenvalue weighted by Crippen LogP contribution is 2.14. The molecule has 2 N–H and O–H groups in total. The van der Waals surface area contributed by atoms with E-state index < -0.39 is 0 Å². The third kappa shape index (κ3) is 4.55. The van der Waals surface area contributed by atoms with Crippen molar-refractivity contribution >= 4 is 11.7 Å². The van der Waals surface area contributed by atoms with E-state index in [4.69, 9.17) is 0 Å². The maximum atomic E-state index is 12.3. The number of anilines is 1. The molecule has 0 spiro atoms. The molecule has 22 heavy (non-hydrogen) atoms. The zero-order valence-corrected chi connectivity index (χ0v) is 13.4. The van der Waals surface area contributed by atoms with Gasteiger partial charge in [-0.3, -0.25) is 4.79 Å². The van der Waals surface area contributed by atoms with Crippen molar-refractivity contribution in [1.29, 1.82) is 0 Å². The standard InChI is InChI=1S/C17H22N4O/c1-12(13-8-6-5-7-9-13)20-16(22)14-10-15(19-11-18-14)21-17(2,3)4/h5-12H,1-4H3,(H,20,22)(H,18,19,21). The van der Waals surface area contributed by atoms with Gasteiger partial charge in [0.2, 0.25) is 0 Å². The molecule has 2 aromatic rings. The van der Waals surface area contributed by atoms with Crippen LogP contribution in [0.15, 0.2) is 42.7 Å². The number of carbonyl (C=O) groups excluding carboxylic acids is 1. The van der Waals surface area contributed by atoms with E-state index in [2.05, 4.69) is 20.6 Å². The van der Waals surface area contributed by atoms with Gasteiger partial charge in [0.05, 0.1) is 6.04 Å². The van der Waals surface area contributed by atoms with Crippen LogP contribution in [0.4, 0.5) is 5.82 Å². The van der Waals surface area contributed by atoms with Crippen molar-refractivity contribution in [3.8, 4) is 0 Å². The summed E-state index contributed by atoms with van der Waals surface area (Å²) in [4.78, 5) is 20.5. The van der Waals surface area contributed by atoms with Crippen molar-refractivity contribution in [2.45, 2.75) is 39.3 Å². The Morgan fingerprint density at radius 1 is 1.14 bits per heavy atom. The molecule has 116 valence electrons. The van der Waals surface area contributed by atoms with E-state index in [0.717, 1.165) is 5.56 Å². The van der Waals surface area contributed by atoms with Gasteiger partial charge in [0, 0.05) is 11.6 Å². The molecule has 0 aliphatic rings. The number of nitrogens with zero attached hydrogens (tertiary/aromatic N) is 2. The first kappa shape index (κ1) is 15.9. The molecule has 0 fully saturated rings. The second kappa shape index (κ2) is 6.56. The van der Waals surface area contributed by atoms with Gasteiger partial charge in [-0.25, -0.2) is 9.97 Å². The van der Waals surface area contributed by atoms with Crippen molar-refractivity contribution < 1.29 is 4.79 Å². The number of hydrogen-bond donors (Lipinski definition) is 2. The predicted octanol–water partition coefficient (Wildman–Crippen LogP) is 3.18. The first-order valence-corrected chi connectivity index (χ1v) is 7.31. The Bertz CT molecular complexity index is 635. The minimum absolute atomic E-state index is 0.0808. The maximum Gasteiger partial charge on any atom is 0.270 e. The zero-order chi connectivity index (χ0) is 16.2. The summed E-state index contributed by atoms with van der Waals surface area (Å²) in [5.74, 6) is 0.427. The normalized spacial score (nSPS) is 12.5. The molecule has 1 aromatic heterocycles. The van der Waals surface area contributed by atoms with Crippen LogP contribution in [0.1, 0.15) is 49.8 Å². The van der Waals surface area contributed by atoms with Crippen LogP contribution in [0.5, 0.6) is 0 Å². The van der Waals surface area contributed by atoms with Crippen LogP contribution in [0.3, 0.4) is 0 Å². The van der Waals surface area contributed by atoms with Crippen LogP contribution < -0.4 is 10.6 Å². The van der Waals surface area contributed by atoms with Gasteiger partial charge >= 0.3 is 0 Å². The molecule has 0 saturated heterocycles. The number of benzene rings is 1. The molecule has 0 saturated carbocycles. The molecule has 1 unspecified atom stereocenters. The van der Waals surface area contributed by atoms with Crippen LogP contribution in [-0.2, 0) is 0 Å². The van der Waals surface area contributed by atoms with E-state index >= 15 is 0 Å². The van der Waals surface area contributed by atoms with Crippen LogP contribution in [0.2, 0.25) is 0 Å². The minimum atomic E-state index is -0.212. The van der Waals surface area contributed by atoms with E-state index in [0.29, 0.717) is 11.5 Å². The lowest BCUT2D eigenvalue weighted by molar-refractivity contribution is 0.0934. The zero-order valence-electron chi connectivity index (χ0n) is 13.4. The van der Waals surface area contributed by atoms with Crippen LogP contribution in [0, 0.1) is 0 Å². The van der Waals surface area contributed by atoms with Gasteiger partial charge in [-0.15, -0.1) is 0 Å². The summed E-state index contributed by atoms with van der Waals surface area (Å²) < 4.78 is 0. The van der Waals surface area contributed by atoms with Gasteiger partial charge in [0.15, 0.2) is 0 Å². The SMILES string of the molecule is CC(NC(=O)c1cc(NC(C)(C)C)ncn1)c1ccccc1. The first-order chi connectivity index (χ1) is 10.3. The summed E-state index contributed by atoms with van der Waals surface area (Å²) in [6, 6.07) is 11.4. The van der Waals surface area contributed by atoms with Gasteiger partial charge in [0.1, 0.15) is 17.8 Å². The van der Waals surface area contributed by atoms with E-state index in [9.17, 15) is 4.79 Å². The summed E-state index contributed by atoms with van der Waals surface area (Å²) in [7, 11) is 0. The average molecular weight is 298 g/mol. The molecule has 2 rings (SSSR count). The van der Waals surface area contributed by atoms with Crippen molar-refractivity contribution in [1.82, 2.24) is 15.3 Å². The van der Waals surface area contributed by atoms with E-state index in [1.807, 2.05) is 58.0 Å². The summed E-state index contributed by atoms with van der Waals surface area (Å²) in [6.45, 7) is 8.05. The Morgan fingerprint density at radius 3 is 2.45 bits per heavy atom. The fourth-order valence-corrected chi connectivity index (χ4v) is 2.03. The molecule has 5 nitrogen and oxygen atoms in total. The summed E-state index contributed by atoms with van der Waals surface area (Å²) >= 11 is 0. The number of amides is 1. The lowest BCUT2D eigenvalue weighted by Crippen LogP contribution is -2.29. The monoisotopic (exact) mass is 298 g/mol. The summed E-state index contributed by atoms with van der Waals surface area (Å²) in [6.07, 6.45) is 1.40. The van der Waals surface area contributed by atoms with Gasteiger partial charge < -0.3 is 10.6 Å². The van der Waals surface area contributed by atoms with Crippen molar-refractivity contribution in [2.24, 2.45) is 0 Å². The smallest absolute Gasteiger partial charge is 0.270 e. The molecule has 1 amide bonds. The molecule has 0 aliphatic heterocycles. The molecule has 0 bridgehead atoms. The van der Waals surface area contributed by atoms with E-state index in [1.54, 1.807) is 6.07 Å². The predicted molar refractivity (Wildman–Crippen MR) is 87.7 cm³/mol. The first-order valence-electron chi connectivity index (χ1n) is 7.31. The largest absolute Gasteiger partial charge is 0.365 e. The molecule has 5 heteroatoms. The van der Waals surface area contributed by atoms with Gasteiger partial charge in [-0.05, 0) is 33.3 Å². The van der Waals surface area contributed by atoms with Crippen molar-refractivity contribution in [2.75, 3.05) is 5.32 Å². The third-order valence-corrected chi connectivity index (χ3v) is 3.05. The number of hydrogen-bond acceptors (Lipinski definition) is 4. The number of rotatable bonds is 4. The fourth-order valence-electron chi connectivity index (χ4n) is 2.03. The Morgan fingerprint density at radius 2 is 1.82 bits per heavy atom. The second-order valence-electron chi connectivity index (χ2n) is 6.27. The number of aromatic nitrogens is 2. The molecule has 1 atom stereocenters. The maximum absolute atomic E-state index is 12.3. The van der Waals surface area contributed by atoms with Gasteiger partial charge in [0.25, 0.3) is 5.91 Å². The molecular formula is C17H22N4O. The third-order valence-electron chi connectivity index (χ3n) is 3.05. The fraction of sp³-hybridized carbons (Fsp3) is 0.353. The number of nitrogens with one attached hydrogen (secondary N) is 2. The van der Waals surface area contributed by atoms with Gasteiger partial charge in [-0.1, -0.05) is 30.3 Å². The Hall–Kier alpha value is -2.43. The van der Waals surface area contributed by atoms with Crippen molar-refractivity contribution in [3.05, 3.63) is 54.0 Å². The molecule has 1 aromatic carbocycles. The van der Waals surface area contributed by atoms with Crippen LogP contribution >= 0.6 is 0 Å². The summed E-state index contributed by atoms with van der Waals surface area (Å²) in [5, 5.41) is 6.18. The minimum Gasteiger partial charge on any atom is -0.365 e. The molecule has 1 heterocycles. The Kier molecular flexibility index (Phi) is 4.75. The lowest BCUT2D eigenvalue weighted by atomic mass is 10.1. The highest BCUT2D eigenvalue weighted by molar-refractivity contribution is 5.93. The molecule has 0 aliphatic carbocycles. The Balaban J connectivity index is 2.08. The molecule has 0 radical (unpaired) electrons. The summed E-state index contributed by atoms with van der Waals surface area (Å²) in [5.41, 5.74) is 1.28. The van der Waals surface area contributed by atoms with E-state index in [-0.39, 0.29) is 17.5 Å². The topological polar surface area (TPSA) is 66.9 Å². The van der Waals surface area contributed by atoms with E-state index in [1.165, 1.54) is 6.33 Å². The van der Waals surface area contributed by atoms with Crippen molar-refractivity contribution in [3.63, 3.8) is 0 Å². The highest BCUT2D eigenvalue weighted by Gasteiger charge is 2.15. The quantitative estimate of drug-likeness (QED) is 0.909. The second-order valence-corrected chi connectivity index (χ2v) is 6.27. The van der Waals surface area contributed by atoms with Crippen LogP contribution in [-0.4, -0.2) is 21.4 Å². The Labute approximate surface area is 131 Å². The molecular weight excluding hydrogens is 276 g/mol. The lowest BCUT2D eigenvalue weighted by Gasteiger charge is -2.21. The van der Waals surface area contributed by atoms with Crippen LogP contribution in [0.25, 0.3) is 0 Å². The van der Waals surface area contributed by atoms with Gasteiger partial charge in [-0.2, -0.15) is 0 Å². The average Bonchev–Trinajstić information content (AvgIpc) is 2.46.